The van der Waals surface area contributed by atoms with Crippen LogP contribution >= 0.6 is 15.9 Å². The molecule has 0 bridgehead atoms. The Labute approximate surface area is 144 Å². The second-order valence-electron chi connectivity index (χ2n) is 6.37. The molecule has 0 aromatic heterocycles. The molecule has 0 saturated heterocycles. The fourth-order valence-corrected chi connectivity index (χ4v) is 2.48. The molecular weight excluding hydrogens is 362 g/mol. The highest BCUT2D eigenvalue weighted by atomic mass is 79.9. The van der Waals surface area contributed by atoms with Gasteiger partial charge in [0, 0.05) is 4.47 Å². The second-order valence-corrected chi connectivity index (χ2v) is 7.29. The van der Waals surface area contributed by atoms with E-state index in [1.54, 1.807) is 45.0 Å². The van der Waals surface area contributed by atoms with E-state index in [1.807, 2.05) is 0 Å². The first-order valence-corrected chi connectivity index (χ1v) is 8.06. The molecule has 126 valence electrons. The summed E-state index contributed by atoms with van der Waals surface area (Å²) in [5.74, 6) is -1.56. The quantitative estimate of drug-likeness (QED) is 0.784. The number of Topliss-reactive ketones (excluding diaryl/α,β-unsaturated/α-hetero) is 2. The highest BCUT2D eigenvalue weighted by Gasteiger charge is 2.33. The maximum absolute atomic E-state index is 12.1. The first-order valence-electron chi connectivity index (χ1n) is 7.27. The van der Waals surface area contributed by atoms with Crippen molar-refractivity contribution in [1.82, 2.24) is 5.32 Å². The molecule has 0 aliphatic carbocycles. The van der Waals surface area contributed by atoms with Gasteiger partial charge in [-0.05, 0) is 52.3 Å². The molecule has 0 radical (unpaired) electrons. The van der Waals surface area contributed by atoms with E-state index in [9.17, 15) is 14.4 Å². The summed E-state index contributed by atoms with van der Waals surface area (Å²) < 4.78 is 6.10. The summed E-state index contributed by atoms with van der Waals surface area (Å²) in [4.78, 5) is 35.9. The van der Waals surface area contributed by atoms with Gasteiger partial charge < -0.3 is 10.1 Å². The normalized spacial score (nSPS) is 12.7. The number of alkyl carbamates (subject to hydrolysis) is 1. The lowest BCUT2D eigenvalue weighted by Crippen LogP contribution is -2.41. The van der Waals surface area contributed by atoms with Gasteiger partial charge >= 0.3 is 6.09 Å². The molecule has 1 aromatic carbocycles. The number of rotatable bonds is 5. The molecule has 23 heavy (non-hydrogen) atoms. The van der Waals surface area contributed by atoms with Gasteiger partial charge in [0.05, 0.1) is 6.04 Å². The Morgan fingerprint density at radius 3 is 1.91 bits per heavy atom. The van der Waals surface area contributed by atoms with Gasteiger partial charge in [0.15, 0.2) is 0 Å². The summed E-state index contributed by atoms with van der Waals surface area (Å²) in [6.45, 7) is 7.92. The Hall–Kier alpha value is -1.69. The highest BCUT2D eigenvalue weighted by Crippen LogP contribution is 2.26. The number of benzene rings is 1. The van der Waals surface area contributed by atoms with Crippen LogP contribution in [0.25, 0.3) is 0 Å². The van der Waals surface area contributed by atoms with Crippen molar-refractivity contribution in [3.63, 3.8) is 0 Å². The fraction of sp³-hybridized carbons (Fsp3) is 0.471. The lowest BCUT2D eigenvalue weighted by atomic mass is 9.87. The average Bonchev–Trinajstić information content (AvgIpc) is 2.35. The van der Waals surface area contributed by atoms with Crippen LogP contribution in [0.4, 0.5) is 4.79 Å². The Morgan fingerprint density at radius 2 is 1.52 bits per heavy atom. The van der Waals surface area contributed by atoms with Crippen LogP contribution in [0.2, 0.25) is 0 Å². The van der Waals surface area contributed by atoms with Gasteiger partial charge in [-0.25, -0.2) is 4.79 Å². The van der Waals surface area contributed by atoms with Crippen LogP contribution in [0.1, 0.15) is 46.2 Å². The molecule has 5 nitrogen and oxygen atoms in total. The SMILES string of the molecule is CC(=O)C(C(C)=O)[C@H](NC(=O)OC(C)(C)C)c1ccc(Br)cc1. The molecule has 6 heteroatoms. The molecule has 0 unspecified atom stereocenters. The van der Waals surface area contributed by atoms with Crippen molar-refractivity contribution < 1.29 is 19.1 Å². The summed E-state index contributed by atoms with van der Waals surface area (Å²) in [5, 5.41) is 2.65. The lowest BCUT2D eigenvalue weighted by Gasteiger charge is -2.27. The van der Waals surface area contributed by atoms with Crippen LogP contribution in [0.5, 0.6) is 0 Å². The topological polar surface area (TPSA) is 72.5 Å². The Bertz CT molecular complexity index is 576. The van der Waals surface area contributed by atoms with Crippen LogP contribution in [-0.2, 0) is 14.3 Å². The van der Waals surface area contributed by atoms with E-state index >= 15 is 0 Å². The van der Waals surface area contributed by atoms with Gasteiger partial charge in [-0.1, -0.05) is 28.1 Å². The van der Waals surface area contributed by atoms with E-state index in [0.29, 0.717) is 5.56 Å². The minimum Gasteiger partial charge on any atom is -0.444 e. The summed E-state index contributed by atoms with van der Waals surface area (Å²) in [7, 11) is 0. The van der Waals surface area contributed by atoms with Gasteiger partial charge in [-0.3, -0.25) is 9.59 Å². The molecule has 0 saturated carbocycles. The number of nitrogens with one attached hydrogen (secondary N) is 1. The van der Waals surface area contributed by atoms with Gasteiger partial charge in [0.1, 0.15) is 23.1 Å². The van der Waals surface area contributed by atoms with Crippen molar-refractivity contribution in [3.8, 4) is 0 Å². The third-order valence-electron chi connectivity index (χ3n) is 3.11. The molecule has 1 N–H and O–H groups in total. The molecule has 1 amide bonds. The zero-order valence-electron chi connectivity index (χ0n) is 14.0. The molecule has 0 heterocycles. The zero-order chi connectivity index (χ0) is 17.8. The molecule has 0 aliphatic heterocycles. The molecule has 0 spiro atoms. The highest BCUT2D eigenvalue weighted by molar-refractivity contribution is 9.10. The average molecular weight is 384 g/mol. The number of hydrogen-bond acceptors (Lipinski definition) is 4. The second kappa shape index (κ2) is 7.73. The van der Waals surface area contributed by atoms with Gasteiger partial charge in [0.2, 0.25) is 0 Å². The van der Waals surface area contributed by atoms with Crippen LogP contribution < -0.4 is 5.32 Å². The van der Waals surface area contributed by atoms with Crippen LogP contribution in [0.3, 0.4) is 0 Å². The van der Waals surface area contributed by atoms with E-state index < -0.39 is 23.7 Å². The van der Waals surface area contributed by atoms with Crippen molar-refractivity contribution in [1.29, 1.82) is 0 Å². The standard InChI is InChI=1S/C17H22BrNO4/c1-10(20)14(11(2)21)15(12-6-8-13(18)9-7-12)19-16(22)23-17(3,4)5/h6-9,14-15H,1-5H3,(H,19,22)/t15-/m1/s1. The number of carbonyl (C=O) groups excluding carboxylic acids is 3. The van der Waals surface area contributed by atoms with E-state index in [4.69, 9.17) is 4.74 Å². The Morgan fingerprint density at radius 1 is 1.04 bits per heavy atom. The maximum atomic E-state index is 12.1. The van der Waals surface area contributed by atoms with E-state index in [1.165, 1.54) is 13.8 Å². The lowest BCUT2D eigenvalue weighted by molar-refractivity contribution is -0.131. The Kier molecular flexibility index (Phi) is 6.50. The molecule has 0 aliphatic rings. The number of ketones is 2. The fourth-order valence-electron chi connectivity index (χ4n) is 2.22. The summed E-state index contributed by atoms with van der Waals surface area (Å²) >= 11 is 3.33. The molecule has 1 atom stereocenters. The van der Waals surface area contributed by atoms with Crippen molar-refractivity contribution in [2.45, 2.75) is 46.3 Å². The number of halogens is 1. The molecule has 1 aromatic rings. The largest absolute Gasteiger partial charge is 0.444 e. The zero-order valence-corrected chi connectivity index (χ0v) is 15.6. The van der Waals surface area contributed by atoms with Gasteiger partial charge in [-0.15, -0.1) is 0 Å². The Balaban J connectivity index is 3.15. The summed E-state index contributed by atoms with van der Waals surface area (Å²) in [5.41, 5.74) is -0.00881. The minimum absolute atomic E-state index is 0.304. The van der Waals surface area contributed by atoms with Crippen molar-refractivity contribution in [2.75, 3.05) is 0 Å². The van der Waals surface area contributed by atoms with E-state index in [-0.39, 0.29) is 11.6 Å². The van der Waals surface area contributed by atoms with Crippen molar-refractivity contribution in [3.05, 3.63) is 34.3 Å². The monoisotopic (exact) mass is 383 g/mol. The number of ether oxygens (including phenoxy) is 1. The smallest absolute Gasteiger partial charge is 0.408 e. The first kappa shape index (κ1) is 19.4. The predicted molar refractivity (Wildman–Crippen MR) is 91.1 cm³/mol. The van der Waals surface area contributed by atoms with E-state index in [0.717, 1.165) is 4.47 Å². The predicted octanol–water partition coefficient (Wildman–Crippen LogP) is 3.81. The van der Waals surface area contributed by atoms with Crippen molar-refractivity contribution >= 4 is 33.6 Å². The third-order valence-corrected chi connectivity index (χ3v) is 3.64. The van der Waals surface area contributed by atoms with Crippen molar-refractivity contribution in [2.24, 2.45) is 5.92 Å². The molecule has 1 rings (SSSR count). The molecule has 0 fully saturated rings. The number of amides is 1. The van der Waals surface area contributed by atoms with Crippen LogP contribution in [-0.4, -0.2) is 23.3 Å². The third kappa shape index (κ3) is 6.14. The molecular formula is C17H22BrNO4. The van der Waals surface area contributed by atoms with Gasteiger partial charge in [0.25, 0.3) is 0 Å². The first-order chi connectivity index (χ1) is 10.5. The van der Waals surface area contributed by atoms with Crippen LogP contribution in [0.15, 0.2) is 28.7 Å². The minimum atomic E-state index is -0.955. The van der Waals surface area contributed by atoms with Crippen LogP contribution in [0, 0.1) is 5.92 Å². The number of carbonyl (C=O) groups is 3. The summed E-state index contributed by atoms with van der Waals surface area (Å²) in [6, 6.07) is 6.32. The van der Waals surface area contributed by atoms with E-state index in [2.05, 4.69) is 21.2 Å². The maximum Gasteiger partial charge on any atom is 0.408 e. The number of hydrogen-bond donors (Lipinski definition) is 1. The summed E-state index contributed by atoms with van der Waals surface area (Å²) in [6.07, 6.45) is -0.669. The van der Waals surface area contributed by atoms with Gasteiger partial charge in [-0.2, -0.15) is 0 Å².